The molecule has 4 rings (SSSR count). The molecule has 2 heterocycles. The third-order valence-electron chi connectivity index (χ3n) is 5.83. The molecule has 30 heavy (non-hydrogen) atoms. The van der Waals surface area contributed by atoms with Gasteiger partial charge in [0.15, 0.2) is 11.5 Å². The second-order valence-electron chi connectivity index (χ2n) is 8.76. The van der Waals surface area contributed by atoms with Crippen LogP contribution in [0.25, 0.3) is 0 Å². The maximum atomic E-state index is 12.9. The molecule has 1 amide bonds. The summed E-state index contributed by atoms with van der Waals surface area (Å²) in [7, 11) is 0. The van der Waals surface area contributed by atoms with Gasteiger partial charge in [-0.25, -0.2) is 4.79 Å². The number of hydrogen-bond donors (Lipinski definition) is 1. The minimum absolute atomic E-state index is 0.153. The standard InChI is InChI=1S/C23H27NO5S/c1-5-27-22(26)19-15-8-7-14(23(2,3)4)11-18(15)30-21(19)24-20(25)13-6-9-16-17(10-13)29-12-28-16/h6,9-10,14H,5,7-8,11-12H2,1-4H3,(H,24,25). The van der Waals surface area contributed by atoms with Crippen molar-refractivity contribution in [1.29, 1.82) is 0 Å². The number of rotatable bonds is 4. The van der Waals surface area contributed by atoms with Gasteiger partial charge < -0.3 is 19.5 Å². The van der Waals surface area contributed by atoms with Gasteiger partial charge in [-0.3, -0.25) is 4.79 Å². The number of hydrogen-bond acceptors (Lipinski definition) is 6. The van der Waals surface area contributed by atoms with Gasteiger partial charge >= 0.3 is 5.97 Å². The third-order valence-corrected chi connectivity index (χ3v) is 7.00. The van der Waals surface area contributed by atoms with Crippen LogP contribution in [0, 0.1) is 11.3 Å². The SMILES string of the molecule is CCOC(=O)c1c(NC(=O)c2ccc3c(c2)OCO3)sc2c1CCC(C(C)(C)C)C2. The van der Waals surface area contributed by atoms with E-state index in [1.165, 1.54) is 16.2 Å². The van der Waals surface area contributed by atoms with Gasteiger partial charge in [0.05, 0.1) is 12.2 Å². The van der Waals surface area contributed by atoms with E-state index in [2.05, 4.69) is 26.1 Å². The number of amides is 1. The van der Waals surface area contributed by atoms with Gasteiger partial charge in [-0.05, 0) is 61.3 Å². The molecule has 1 aliphatic carbocycles. The van der Waals surface area contributed by atoms with Gasteiger partial charge in [-0.1, -0.05) is 20.8 Å². The molecule has 1 N–H and O–H groups in total. The molecule has 1 aromatic carbocycles. The third kappa shape index (κ3) is 3.90. The van der Waals surface area contributed by atoms with Gasteiger partial charge in [0.1, 0.15) is 5.00 Å². The maximum Gasteiger partial charge on any atom is 0.341 e. The predicted octanol–water partition coefficient (Wildman–Crippen LogP) is 5.06. The fourth-order valence-electron chi connectivity index (χ4n) is 4.05. The molecule has 160 valence electrons. The van der Waals surface area contributed by atoms with Crippen LogP contribution in [0.5, 0.6) is 11.5 Å². The lowest BCUT2D eigenvalue weighted by molar-refractivity contribution is 0.0526. The zero-order valence-electron chi connectivity index (χ0n) is 17.8. The van der Waals surface area contributed by atoms with E-state index in [1.54, 1.807) is 25.1 Å². The van der Waals surface area contributed by atoms with E-state index < -0.39 is 0 Å². The van der Waals surface area contributed by atoms with Gasteiger partial charge in [-0.2, -0.15) is 0 Å². The summed E-state index contributed by atoms with van der Waals surface area (Å²) >= 11 is 1.50. The van der Waals surface area contributed by atoms with Crippen molar-refractivity contribution in [1.82, 2.24) is 0 Å². The zero-order valence-corrected chi connectivity index (χ0v) is 18.6. The van der Waals surface area contributed by atoms with E-state index in [0.29, 0.717) is 40.2 Å². The predicted molar refractivity (Wildman–Crippen MR) is 116 cm³/mol. The molecule has 0 spiro atoms. The Bertz CT molecular complexity index is 988. The maximum absolute atomic E-state index is 12.9. The lowest BCUT2D eigenvalue weighted by atomic mass is 9.72. The Morgan fingerprint density at radius 1 is 1.23 bits per heavy atom. The van der Waals surface area contributed by atoms with Crippen molar-refractivity contribution < 1.29 is 23.8 Å². The Morgan fingerprint density at radius 3 is 2.73 bits per heavy atom. The van der Waals surface area contributed by atoms with Crippen molar-refractivity contribution in [3.8, 4) is 11.5 Å². The molecule has 1 aliphatic heterocycles. The van der Waals surface area contributed by atoms with Gasteiger partial charge in [0.2, 0.25) is 6.79 Å². The first-order valence-corrected chi connectivity index (χ1v) is 11.1. The van der Waals surface area contributed by atoms with Gasteiger partial charge in [0.25, 0.3) is 5.91 Å². The molecule has 0 saturated heterocycles. The van der Waals surface area contributed by atoms with E-state index in [-0.39, 0.29) is 24.1 Å². The zero-order chi connectivity index (χ0) is 21.5. The Balaban J connectivity index is 1.64. The first-order chi connectivity index (χ1) is 14.3. The molecule has 7 heteroatoms. The smallest absolute Gasteiger partial charge is 0.341 e. The van der Waals surface area contributed by atoms with Crippen LogP contribution in [0.4, 0.5) is 5.00 Å². The summed E-state index contributed by atoms with van der Waals surface area (Å²) in [6.45, 7) is 9.00. The van der Waals surface area contributed by atoms with Crippen molar-refractivity contribution in [3.05, 3.63) is 39.8 Å². The van der Waals surface area contributed by atoms with Gasteiger partial charge in [0, 0.05) is 10.4 Å². The number of carbonyl (C=O) groups is 2. The molecular weight excluding hydrogens is 402 g/mol. The molecule has 0 fully saturated rings. The number of esters is 1. The minimum Gasteiger partial charge on any atom is -0.462 e. The van der Waals surface area contributed by atoms with Gasteiger partial charge in [-0.15, -0.1) is 11.3 Å². The summed E-state index contributed by atoms with van der Waals surface area (Å²) < 4.78 is 16.0. The van der Waals surface area contributed by atoms with Crippen LogP contribution in [0.2, 0.25) is 0 Å². The van der Waals surface area contributed by atoms with E-state index in [1.807, 2.05) is 0 Å². The number of carbonyl (C=O) groups excluding carboxylic acids is 2. The van der Waals surface area contributed by atoms with Crippen LogP contribution in [-0.4, -0.2) is 25.3 Å². The Kier molecular flexibility index (Phi) is 5.49. The molecule has 1 aromatic heterocycles. The van der Waals surface area contributed by atoms with Crippen LogP contribution >= 0.6 is 11.3 Å². The molecular formula is C23H27NO5S. The summed E-state index contributed by atoms with van der Waals surface area (Å²) in [6.07, 6.45) is 2.76. The van der Waals surface area contributed by atoms with E-state index in [9.17, 15) is 9.59 Å². The van der Waals surface area contributed by atoms with Crippen molar-refractivity contribution in [2.24, 2.45) is 11.3 Å². The Morgan fingerprint density at radius 2 is 2.00 bits per heavy atom. The number of benzene rings is 1. The molecule has 2 aliphatic rings. The molecule has 0 saturated carbocycles. The quantitative estimate of drug-likeness (QED) is 0.688. The highest BCUT2D eigenvalue weighted by atomic mass is 32.1. The molecule has 0 bridgehead atoms. The topological polar surface area (TPSA) is 73.9 Å². The number of fused-ring (bicyclic) bond motifs is 2. The molecule has 2 aromatic rings. The molecule has 0 radical (unpaired) electrons. The Hall–Kier alpha value is -2.54. The van der Waals surface area contributed by atoms with E-state index in [0.717, 1.165) is 24.8 Å². The largest absolute Gasteiger partial charge is 0.462 e. The number of ether oxygens (including phenoxy) is 3. The minimum atomic E-state index is -0.370. The summed E-state index contributed by atoms with van der Waals surface area (Å²) in [5.74, 6) is 1.05. The summed E-state index contributed by atoms with van der Waals surface area (Å²) in [6, 6.07) is 5.07. The normalized spacial score (nSPS) is 17.4. The number of thiophene rings is 1. The number of anilines is 1. The Labute approximate surface area is 180 Å². The van der Waals surface area contributed by atoms with Crippen molar-refractivity contribution >= 4 is 28.2 Å². The molecule has 1 atom stereocenters. The summed E-state index contributed by atoms with van der Waals surface area (Å²) in [5, 5.41) is 3.52. The monoisotopic (exact) mass is 429 g/mol. The van der Waals surface area contributed by atoms with Crippen molar-refractivity contribution in [2.75, 3.05) is 18.7 Å². The van der Waals surface area contributed by atoms with Crippen LogP contribution in [0.1, 0.15) is 65.3 Å². The second kappa shape index (κ2) is 7.95. The van der Waals surface area contributed by atoms with Crippen LogP contribution in [-0.2, 0) is 17.6 Å². The molecule has 1 unspecified atom stereocenters. The summed E-state index contributed by atoms with van der Waals surface area (Å²) in [4.78, 5) is 26.8. The fraction of sp³-hybridized carbons (Fsp3) is 0.478. The lowest BCUT2D eigenvalue weighted by Crippen LogP contribution is -2.26. The van der Waals surface area contributed by atoms with Crippen LogP contribution in [0.15, 0.2) is 18.2 Å². The average Bonchev–Trinajstić information content (AvgIpc) is 3.30. The van der Waals surface area contributed by atoms with Crippen molar-refractivity contribution in [3.63, 3.8) is 0 Å². The fourth-order valence-corrected chi connectivity index (χ4v) is 5.36. The average molecular weight is 430 g/mol. The van der Waals surface area contributed by atoms with Crippen LogP contribution < -0.4 is 14.8 Å². The molecule has 6 nitrogen and oxygen atoms in total. The lowest BCUT2D eigenvalue weighted by Gasteiger charge is -2.33. The second-order valence-corrected chi connectivity index (χ2v) is 9.86. The highest BCUT2D eigenvalue weighted by Crippen LogP contribution is 2.44. The highest BCUT2D eigenvalue weighted by molar-refractivity contribution is 7.17. The highest BCUT2D eigenvalue weighted by Gasteiger charge is 2.34. The van der Waals surface area contributed by atoms with E-state index >= 15 is 0 Å². The van der Waals surface area contributed by atoms with Crippen molar-refractivity contribution in [2.45, 2.75) is 47.0 Å². The summed E-state index contributed by atoms with van der Waals surface area (Å²) in [5.41, 5.74) is 2.19. The first kappa shape index (κ1) is 20.7. The number of nitrogens with one attached hydrogen (secondary N) is 1. The first-order valence-electron chi connectivity index (χ1n) is 10.3. The van der Waals surface area contributed by atoms with E-state index in [4.69, 9.17) is 14.2 Å². The van der Waals surface area contributed by atoms with Crippen LogP contribution in [0.3, 0.4) is 0 Å².